The number of nitrogens with zero attached hydrogens (tertiary/aromatic N) is 6. The Hall–Kier alpha value is -12.9. The Morgan fingerprint density at radius 1 is 0.291 bits per heavy atom. The van der Waals surface area contributed by atoms with Gasteiger partial charge in [0.05, 0.1) is 55.7 Å². The smallest absolute Gasteiger partial charge is 0.436 e. The maximum atomic E-state index is 10.5. The van der Waals surface area contributed by atoms with Crippen LogP contribution >= 0.6 is 91.3 Å². The van der Waals surface area contributed by atoms with Gasteiger partial charge >= 0.3 is 21.1 Å². The largest absolute Gasteiger partial charge is 0.494 e. The highest BCUT2D eigenvalue weighted by Crippen LogP contribution is 2.46. The summed E-state index contributed by atoms with van der Waals surface area (Å²) in [5.41, 5.74) is 30.3. The molecule has 0 spiro atoms. The second kappa shape index (κ2) is 43.0. The van der Waals surface area contributed by atoms with Gasteiger partial charge in [0.2, 0.25) is 23.6 Å². The molecular formula is C121H104B3Br5ClN7O11. The number of aromatic nitrogens is 6. The normalized spacial score (nSPS) is 14.9. The minimum Gasteiger partial charge on any atom is -0.436 e. The molecule has 0 bridgehead atoms. The average molecular weight is 2300 g/mol. The Bertz CT molecular complexity index is 8120. The first-order valence-corrected chi connectivity index (χ1v) is 52.8. The molecule has 740 valence electrons. The molecule has 3 aliphatic heterocycles. The molecule has 3 saturated heterocycles. The van der Waals surface area contributed by atoms with E-state index in [2.05, 4.69) is 320 Å². The summed E-state index contributed by atoms with van der Waals surface area (Å²) in [5, 5.41) is 4.49. The molecule has 0 unspecified atom stereocenters. The molecule has 3 fully saturated rings. The van der Waals surface area contributed by atoms with Crippen molar-refractivity contribution in [2.24, 2.45) is 0 Å². The predicted molar refractivity (Wildman–Crippen MR) is 621 cm³/mol. The average Bonchev–Trinajstić information content (AvgIpc) is 1.59. The van der Waals surface area contributed by atoms with Gasteiger partial charge in [-0.3, -0.25) is 4.79 Å². The molecule has 0 radical (unpaired) electrons. The summed E-state index contributed by atoms with van der Waals surface area (Å²) in [6, 6.07) is 122. The van der Waals surface area contributed by atoms with Gasteiger partial charge in [0.1, 0.15) is 22.1 Å². The van der Waals surface area contributed by atoms with E-state index in [4.69, 9.17) is 62.9 Å². The number of anilines is 1. The fourth-order valence-electron chi connectivity index (χ4n) is 17.3. The Kier molecular flexibility index (Phi) is 30.1. The van der Waals surface area contributed by atoms with E-state index in [1.165, 1.54) is 60.4 Å². The van der Waals surface area contributed by atoms with E-state index in [0.717, 1.165) is 128 Å². The third-order valence-electron chi connectivity index (χ3n) is 27.7. The molecule has 148 heavy (non-hydrogen) atoms. The van der Waals surface area contributed by atoms with Gasteiger partial charge in [-0.15, -0.1) is 0 Å². The summed E-state index contributed by atoms with van der Waals surface area (Å²) in [6.45, 7) is 28.7. The Morgan fingerprint density at radius 3 is 0.865 bits per heavy atom. The molecule has 16 aromatic carbocycles. The van der Waals surface area contributed by atoms with Gasteiger partial charge < -0.3 is 60.5 Å². The fourth-order valence-corrected chi connectivity index (χ4v) is 19.0. The number of fused-ring (bicyclic) bond motifs is 10. The quantitative estimate of drug-likeness (QED) is 0.0724. The highest BCUT2D eigenvalue weighted by molar-refractivity contribution is 9.11. The van der Waals surface area contributed by atoms with Crippen LogP contribution in [0.5, 0.6) is 0 Å². The molecule has 18 nitrogen and oxygen atoms in total. The summed E-state index contributed by atoms with van der Waals surface area (Å²) in [6.07, 6.45) is 0. The highest BCUT2D eigenvalue weighted by Gasteiger charge is 2.64. The molecule has 0 saturated carbocycles. The van der Waals surface area contributed by atoms with Crippen LogP contribution in [0.1, 0.15) is 105 Å². The Balaban J connectivity index is 0.000000119. The van der Waals surface area contributed by atoms with Gasteiger partial charge in [0.25, 0.3) is 5.24 Å². The number of oxazole rings is 4. The zero-order chi connectivity index (χ0) is 104. The van der Waals surface area contributed by atoms with Crippen LogP contribution in [0, 0.1) is 13.8 Å². The topological polar surface area (TPSA) is 212 Å². The summed E-state index contributed by atoms with van der Waals surface area (Å²) in [7, 11) is -1.31. The lowest BCUT2D eigenvalue weighted by Gasteiger charge is -2.32. The molecule has 6 aromatic heterocycles. The van der Waals surface area contributed by atoms with Gasteiger partial charge in [0, 0.05) is 88.8 Å². The second-order valence-corrected chi connectivity index (χ2v) is 44.4. The first-order valence-electron chi connectivity index (χ1n) is 48.5. The van der Waals surface area contributed by atoms with E-state index in [1.807, 2.05) is 225 Å². The summed E-state index contributed by atoms with van der Waals surface area (Å²) in [5.74, 6) is 2.54. The lowest BCUT2D eigenvalue weighted by molar-refractivity contribution is 0.00578. The SMILES string of the molecule is Brc1ccc(-c2nc3ccccc3o2)cc1.CC1(C)OB(B2OC(C)(C)C(C)(C)O2)OC1(C)C.CC1(C)OB(c2ccc(-c3nc4ccccc4o3)cc2)OC1(C)C.Cc1ccc(-n2c3ccc(-c4ccc(-c5nc6ccccc6o5)cc4)cc3c3cc(-c4ccc(-c5nc6ccccc6o5)cc4)ccc32)cc1.Cc1ccc(-n2c3ccc(Br)cc3c3cc(Br)ccc32)cc1.Nc1ccccc1Br.O=C(Cl)c1ccc(Br)cc1. The predicted octanol–water partition coefficient (Wildman–Crippen LogP) is 33.8. The number of nitrogen functional groups attached to an aromatic ring is 1. The van der Waals surface area contributed by atoms with Crippen molar-refractivity contribution in [3.05, 3.63) is 403 Å². The van der Waals surface area contributed by atoms with Crippen LogP contribution in [-0.4, -0.2) is 89.1 Å². The van der Waals surface area contributed by atoms with Crippen molar-refractivity contribution in [1.82, 2.24) is 29.1 Å². The fraction of sp³-hybridized carbons (Fsp3) is 0.165. The second-order valence-electron chi connectivity index (χ2n) is 39.5. The van der Waals surface area contributed by atoms with E-state index in [9.17, 15) is 4.79 Å². The van der Waals surface area contributed by atoms with Crippen LogP contribution in [-0.2, 0) is 27.9 Å². The van der Waals surface area contributed by atoms with Crippen LogP contribution in [0.2, 0.25) is 0 Å². The number of carbonyl (C=O) groups is 1. The zero-order valence-corrected chi connectivity index (χ0v) is 92.6. The van der Waals surface area contributed by atoms with Crippen molar-refractivity contribution in [2.45, 2.75) is 131 Å². The van der Waals surface area contributed by atoms with Crippen molar-refractivity contribution >= 4 is 217 Å². The third kappa shape index (κ3) is 22.5. The Labute approximate surface area is 907 Å². The standard InChI is InChI=1S/C45H29N3O2.C19H20BNO3.C19H13Br2N.C13H8BrNO.C12H24B2O4.C7H4BrClO.C6H6BrN/c1-28-10-22-35(23-11-28)48-40-24-20-33(29-12-16-31(17-13-29)44-46-38-6-2-4-8-42(38)49-44)26-36(40)37-27-34(21-25-41(37)48)30-14-18-32(19-15-30)45-47-39-7-3-5-9-43(39)50-45;1-18(2)19(3,4)24-20(23-18)14-11-9-13(10-12-14)17-21-15-7-5-6-8-16(15)22-17;1-12-2-6-15(7-3-12)22-18-8-4-13(20)10-16(18)17-11-14(21)5-9-19(17)22;14-10-7-5-9(6-8-10)13-15-11-3-1-2-4-12(11)16-13;1-9(2)10(3,4)16-13(15-9)14-17-11(5,6)12(7,8)18-14;8-6-3-1-5(2-4-6)7(9)10;7-5-3-1-2-4-6(5)8/h2-27H,1H3;5-12H,1-4H3;2-11H,1H3;1-8H;1-8H3;1-4H;1-4H,8H2. The van der Waals surface area contributed by atoms with Crippen molar-refractivity contribution in [2.75, 3.05) is 5.73 Å². The van der Waals surface area contributed by atoms with Gasteiger partial charge in [-0.1, -0.05) is 208 Å². The summed E-state index contributed by atoms with van der Waals surface area (Å²) in [4.78, 5) is 28.8. The molecule has 22 aromatic rings. The highest BCUT2D eigenvalue weighted by atomic mass is 79.9. The summed E-state index contributed by atoms with van der Waals surface area (Å²) < 4.78 is 69.4. The maximum Gasteiger partial charge on any atom is 0.494 e. The van der Waals surface area contributed by atoms with E-state index >= 15 is 0 Å². The number of aryl methyl sites for hydroxylation is 2. The number of rotatable bonds is 11. The molecule has 27 heteroatoms. The summed E-state index contributed by atoms with van der Waals surface area (Å²) >= 11 is 22.3. The van der Waals surface area contributed by atoms with Gasteiger partial charge in [-0.05, 0) is 383 Å². The van der Waals surface area contributed by atoms with Crippen LogP contribution in [0.4, 0.5) is 5.69 Å². The first-order chi connectivity index (χ1) is 70.8. The van der Waals surface area contributed by atoms with Crippen molar-refractivity contribution < 1.29 is 50.4 Å². The first kappa shape index (κ1) is 104. The molecule has 3 aliphatic rings. The third-order valence-corrected chi connectivity index (χ3v) is 30.6. The molecule has 0 amide bonds. The monoisotopic (exact) mass is 2290 g/mol. The number of benzene rings is 16. The minimum absolute atomic E-state index is 0.337. The van der Waals surface area contributed by atoms with Crippen molar-refractivity contribution in [3.8, 4) is 79.4 Å². The molecule has 9 heterocycles. The van der Waals surface area contributed by atoms with E-state index in [0.29, 0.717) is 29.1 Å². The molecular weight excluding hydrogens is 2190 g/mol. The number of nitrogens with two attached hydrogens (primary N) is 1. The van der Waals surface area contributed by atoms with Gasteiger partial charge in [0.15, 0.2) is 22.3 Å². The number of para-hydroxylation sites is 9. The van der Waals surface area contributed by atoms with Crippen LogP contribution in [0.3, 0.4) is 0 Å². The van der Waals surface area contributed by atoms with Crippen LogP contribution in [0.15, 0.2) is 404 Å². The number of hydrogen-bond donors (Lipinski definition) is 1. The molecule has 25 rings (SSSR count). The zero-order valence-electron chi connectivity index (χ0n) is 83.9. The molecule has 0 atom stereocenters. The van der Waals surface area contributed by atoms with Crippen molar-refractivity contribution in [3.63, 3.8) is 0 Å². The van der Waals surface area contributed by atoms with Crippen LogP contribution < -0.4 is 11.2 Å². The van der Waals surface area contributed by atoms with Crippen molar-refractivity contribution in [1.29, 1.82) is 0 Å². The minimum atomic E-state index is -0.476. The maximum absolute atomic E-state index is 10.5. The number of halogens is 6. The van der Waals surface area contributed by atoms with Gasteiger partial charge in [-0.2, -0.15) is 0 Å². The van der Waals surface area contributed by atoms with E-state index < -0.39 is 19.3 Å². The van der Waals surface area contributed by atoms with Gasteiger partial charge in [-0.25, -0.2) is 19.9 Å². The lowest BCUT2D eigenvalue weighted by atomic mass is 9.49. The lowest BCUT2D eigenvalue weighted by Crippen LogP contribution is -2.41. The molecule has 2 N–H and O–H groups in total. The molecule has 0 aliphatic carbocycles. The van der Waals surface area contributed by atoms with E-state index in [-0.39, 0.29) is 40.7 Å². The van der Waals surface area contributed by atoms with Crippen LogP contribution in [0.25, 0.3) is 167 Å². The number of carbonyl (C=O) groups excluding carboxylic acids is 1. The Morgan fingerprint density at radius 2 is 0.554 bits per heavy atom. The number of hydrogen-bond acceptors (Lipinski definition) is 16. The van der Waals surface area contributed by atoms with E-state index in [1.54, 1.807) is 24.3 Å².